The number of benzene rings is 3. The van der Waals surface area contributed by atoms with E-state index in [-0.39, 0.29) is 24.8 Å². The molecule has 2 aliphatic carbocycles. The molecule has 3 aromatic carbocycles. The topological polar surface area (TPSA) is 0 Å². The van der Waals surface area contributed by atoms with Crippen LogP contribution in [0.4, 0.5) is 0 Å². The molecule has 3 aromatic rings. The van der Waals surface area contributed by atoms with Crippen LogP contribution in [0.1, 0.15) is 32.8 Å². The minimum Gasteiger partial charge on any atom is -1.00 e. The predicted octanol–water partition coefficient (Wildman–Crippen LogP) is 1.42. The van der Waals surface area contributed by atoms with Gasteiger partial charge in [-0.15, -0.1) is 0 Å². The smallest absolute Gasteiger partial charge is 1.00 e. The molecule has 0 amide bonds. The second kappa shape index (κ2) is 9.43. The summed E-state index contributed by atoms with van der Waals surface area (Å²) in [5.41, 5.74) is 10.3. The molecule has 146 valence electrons. The molecule has 1 atom stereocenters. The van der Waals surface area contributed by atoms with Crippen LogP contribution in [0, 0.1) is 0 Å². The molecule has 0 spiro atoms. The van der Waals surface area contributed by atoms with Crippen LogP contribution in [0.15, 0.2) is 67.5 Å². The monoisotopic (exact) mass is 688 g/mol. The minimum atomic E-state index is -0.880. The number of hydrogen-bond donors (Lipinski definition) is 0. The molecule has 0 bridgehead atoms. The van der Waals surface area contributed by atoms with Crippen molar-refractivity contribution in [3.8, 4) is 11.1 Å². The first kappa shape index (κ1) is 24.0. The van der Waals surface area contributed by atoms with Crippen molar-refractivity contribution >= 4 is 57.1 Å². The molecule has 0 aliphatic heterocycles. The zero-order valence-electron chi connectivity index (χ0n) is 15.4. The molecule has 2 aliphatic rings. The van der Waals surface area contributed by atoms with Gasteiger partial charge in [-0.1, -0.05) is 0 Å². The molecule has 0 heterocycles. The van der Waals surface area contributed by atoms with Gasteiger partial charge < -0.3 is 24.8 Å². The Morgan fingerprint density at radius 2 is 1.66 bits per heavy atom. The molecular formula is C23H15Br3Cl2Zr. The van der Waals surface area contributed by atoms with Crippen molar-refractivity contribution in [1.82, 2.24) is 0 Å². The summed E-state index contributed by atoms with van der Waals surface area (Å²) in [5, 5.41) is 0. The van der Waals surface area contributed by atoms with Crippen LogP contribution in [0.5, 0.6) is 0 Å². The van der Waals surface area contributed by atoms with Crippen LogP contribution in [-0.4, -0.2) is 0 Å². The predicted molar refractivity (Wildman–Crippen MR) is 120 cm³/mol. The molecule has 5 rings (SSSR count). The second-order valence-corrected chi connectivity index (χ2v) is 13.1. The zero-order valence-corrected chi connectivity index (χ0v) is 24.1. The third-order valence-electron chi connectivity index (χ3n) is 5.50. The fourth-order valence-corrected chi connectivity index (χ4v) is 10.2. The molecule has 0 N–H and O–H groups in total. The van der Waals surface area contributed by atoms with Crippen LogP contribution < -0.4 is 28.1 Å². The van der Waals surface area contributed by atoms with E-state index in [4.69, 9.17) is 0 Å². The Morgan fingerprint density at radius 3 is 2.45 bits per heavy atom. The molecule has 0 radical (unpaired) electrons. The fraction of sp³-hybridized carbons (Fsp3) is 0.130. The Hall–Kier alpha value is 0.303. The van der Waals surface area contributed by atoms with E-state index < -0.39 is 23.2 Å². The Balaban J connectivity index is 0.00000120. The number of hydrogen-bond acceptors (Lipinski definition) is 0. The number of halogens is 5. The summed E-state index contributed by atoms with van der Waals surface area (Å²) in [5.74, 6) is 0. The third kappa shape index (κ3) is 4.20. The van der Waals surface area contributed by atoms with Gasteiger partial charge in [0.2, 0.25) is 0 Å². The van der Waals surface area contributed by atoms with Gasteiger partial charge in [0, 0.05) is 0 Å². The quantitative estimate of drug-likeness (QED) is 0.299. The van der Waals surface area contributed by atoms with E-state index in [0.29, 0.717) is 3.63 Å². The first-order chi connectivity index (χ1) is 13.0. The maximum atomic E-state index is 3.90. The summed E-state index contributed by atoms with van der Waals surface area (Å²) in [7, 11) is 0. The van der Waals surface area contributed by atoms with E-state index in [1.807, 2.05) is 0 Å². The van der Waals surface area contributed by atoms with E-state index >= 15 is 0 Å². The van der Waals surface area contributed by atoms with Crippen molar-refractivity contribution in [2.45, 2.75) is 17.0 Å². The van der Waals surface area contributed by atoms with Crippen molar-refractivity contribution in [3.05, 3.63) is 89.8 Å². The van der Waals surface area contributed by atoms with Gasteiger partial charge in [-0.25, -0.2) is 0 Å². The van der Waals surface area contributed by atoms with E-state index in [2.05, 4.69) is 109 Å². The standard InChI is InChI=1S/C13H7Br2.C10H8Br.2ClH.Zr/c14-10-1-3-12-8(6-10)5-9-7-11(15)2-4-13(9)12;1-7-5-8-3-2-4-10(11)9(8)6-7;;;/h1-4,6H,5H2;2-6H,1H3;2*1H;/q;;;;+2/p-2. The number of allylic oxidation sites excluding steroid dienone is 1. The van der Waals surface area contributed by atoms with Crippen molar-refractivity contribution in [3.63, 3.8) is 0 Å². The van der Waals surface area contributed by atoms with Gasteiger partial charge in [0.25, 0.3) is 0 Å². The van der Waals surface area contributed by atoms with Crippen molar-refractivity contribution in [2.24, 2.45) is 0 Å². The fourth-order valence-electron chi connectivity index (χ4n) is 4.22. The molecule has 6 heteroatoms. The molecule has 1 unspecified atom stereocenters. The minimum absolute atomic E-state index is 0. The second-order valence-electron chi connectivity index (χ2n) is 7.14. The van der Waals surface area contributed by atoms with Gasteiger partial charge in [-0.3, -0.25) is 0 Å². The molecule has 0 saturated heterocycles. The van der Waals surface area contributed by atoms with Crippen molar-refractivity contribution < 1.29 is 48.0 Å². The largest absolute Gasteiger partial charge is 1.00 e. The van der Waals surface area contributed by atoms with Crippen LogP contribution in [0.25, 0.3) is 17.2 Å². The summed E-state index contributed by atoms with van der Waals surface area (Å²) in [6, 6.07) is 17.9. The van der Waals surface area contributed by atoms with Gasteiger partial charge in [-0.05, 0) is 0 Å². The Labute approximate surface area is 220 Å². The average Bonchev–Trinajstić information content (AvgIpc) is 3.15. The maximum absolute atomic E-state index is 3.90. The SMILES string of the molecule is CC1=Cc2c(Br)cccc2[CH]1[Zr+2][c]1c(Br)ccc2c1Cc1cc(Br)ccc1-2.[Cl-].[Cl-]. The van der Waals surface area contributed by atoms with Gasteiger partial charge in [0.05, 0.1) is 0 Å². The van der Waals surface area contributed by atoms with Crippen molar-refractivity contribution in [1.29, 1.82) is 0 Å². The van der Waals surface area contributed by atoms with E-state index in [1.165, 1.54) is 46.8 Å². The van der Waals surface area contributed by atoms with Crippen LogP contribution in [0.2, 0.25) is 0 Å². The summed E-state index contributed by atoms with van der Waals surface area (Å²) in [6.07, 6.45) is 3.44. The number of fused-ring (bicyclic) bond motifs is 4. The Kier molecular flexibility index (Phi) is 7.79. The summed E-state index contributed by atoms with van der Waals surface area (Å²) >= 11 is 10.4. The molecule has 0 fully saturated rings. The maximum Gasteiger partial charge on any atom is -1.00 e. The molecular weight excluding hydrogens is 678 g/mol. The molecule has 0 saturated carbocycles. The van der Waals surface area contributed by atoms with Crippen LogP contribution in [0.3, 0.4) is 0 Å². The van der Waals surface area contributed by atoms with E-state index in [0.717, 1.165) is 6.42 Å². The Morgan fingerprint density at radius 1 is 0.897 bits per heavy atom. The number of rotatable bonds is 2. The normalized spacial score (nSPS) is 15.3. The third-order valence-corrected chi connectivity index (χ3v) is 13.0. The van der Waals surface area contributed by atoms with Gasteiger partial charge >= 0.3 is 198 Å². The summed E-state index contributed by atoms with van der Waals surface area (Å²) in [6.45, 7) is 2.31. The van der Waals surface area contributed by atoms with Gasteiger partial charge in [0.15, 0.2) is 0 Å². The first-order valence-corrected chi connectivity index (χ1v) is 13.9. The van der Waals surface area contributed by atoms with Crippen LogP contribution in [-0.2, 0) is 29.7 Å². The molecule has 0 nitrogen and oxygen atoms in total. The average molecular weight is 693 g/mol. The zero-order chi connectivity index (χ0) is 18.7. The summed E-state index contributed by atoms with van der Waals surface area (Å²) in [4.78, 5) is 0. The van der Waals surface area contributed by atoms with Gasteiger partial charge in [-0.2, -0.15) is 0 Å². The molecule has 29 heavy (non-hydrogen) atoms. The van der Waals surface area contributed by atoms with Crippen LogP contribution >= 0.6 is 47.8 Å². The van der Waals surface area contributed by atoms with E-state index in [9.17, 15) is 0 Å². The summed E-state index contributed by atoms with van der Waals surface area (Å²) < 4.78 is 5.92. The molecule has 0 aromatic heterocycles. The van der Waals surface area contributed by atoms with Gasteiger partial charge in [0.1, 0.15) is 0 Å². The van der Waals surface area contributed by atoms with E-state index in [1.54, 1.807) is 8.83 Å². The van der Waals surface area contributed by atoms with Crippen molar-refractivity contribution in [2.75, 3.05) is 0 Å². The first-order valence-electron chi connectivity index (χ1n) is 8.86. The Bertz CT molecular complexity index is 1140.